The van der Waals surface area contributed by atoms with E-state index in [0.29, 0.717) is 28.0 Å². The molecule has 3 aromatic rings. The Morgan fingerprint density at radius 1 is 0.931 bits per heavy atom. The molecule has 0 saturated heterocycles. The number of fused-ring (bicyclic) bond motifs is 3. The lowest BCUT2D eigenvalue weighted by Crippen LogP contribution is -2.33. The van der Waals surface area contributed by atoms with Crippen LogP contribution in [0.4, 0.5) is 11.5 Å². The molecule has 0 fully saturated rings. The van der Waals surface area contributed by atoms with Gasteiger partial charge in [0.05, 0.1) is 16.2 Å². The van der Waals surface area contributed by atoms with E-state index in [9.17, 15) is 24.5 Å². The van der Waals surface area contributed by atoms with Crippen molar-refractivity contribution >= 4 is 23.0 Å². The van der Waals surface area contributed by atoms with Crippen molar-refractivity contribution in [2.75, 3.05) is 5.32 Å². The Morgan fingerprint density at radius 2 is 1.69 bits per heavy atom. The highest BCUT2D eigenvalue weighted by Crippen LogP contribution is 2.47. The molecule has 2 heterocycles. The molecule has 1 aliphatic heterocycles. The van der Waals surface area contributed by atoms with Crippen LogP contribution >= 0.6 is 0 Å². The molecule has 0 spiro atoms. The van der Waals surface area contributed by atoms with E-state index in [4.69, 9.17) is 0 Å². The topological polar surface area (TPSA) is 138 Å². The first kappa shape index (κ1) is 16.9. The number of benzene rings is 2. The van der Waals surface area contributed by atoms with Gasteiger partial charge in [-0.1, -0.05) is 36.4 Å². The molecule has 0 saturated carbocycles. The van der Waals surface area contributed by atoms with Crippen molar-refractivity contribution < 1.29 is 9.72 Å². The maximum absolute atomic E-state index is 13.2. The lowest BCUT2D eigenvalue weighted by Gasteiger charge is -2.27. The summed E-state index contributed by atoms with van der Waals surface area (Å²) < 4.78 is 0. The zero-order valence-corrected chi connectivity index (χ0v) is 14.7. The first-order valence-corrected chi connectivity index (χ1v) is 8.72. The largest absolute Gasteiger partial charge is 0.340 e. The van der Waals surface area contributed by atoms with Crippen LogP contribution in [-0.2, 0) is 0 Å². The highest BCUT2D eigenvalue weighted by Gasteiger charge is 2.42. The van der Waals surface area contributed by atoms with Crippen molar-refractivity contribution in [1.82, 2.24) is 9.97 Å². The van der Waals surface area contributed by atoms with Crippen molar-refractivity contribution in [2.24, 2.45) is 0 Å². The van der Waals surface area contributed by atoms with Crippen molar-refractivity contribution in [3.05, 3.63) is 107 Å². The van der Waals surface area contributed by atoms with Crippen molar-refractivity contribution in [2.45, 2.75) is 5.92 Å². The summed E-state index contributed by atoms with van der Waals surface area (Å²) in [5.74, 6) is -0.976. The van der Waals surface area contributed by atoms with Gasteiger partial charge >= 0.3 is 5.69 Å². The third-order valence-corrected chi connectivity index (χ3v) is 5.18. The second-order valence-corrected chi connectivity index (χ2v) is 6.77. The van der Waals surface area contributed by atoms with E-state index in [1.54, 1.807) is 30.3 Å². The summed E-state index contributed by atoms with van der Waals surface area (Å²) in [5, 5.41) is 14.3. The molecule has 29 heavy (non-hydrogen) atoms. The van der Waals surface area contributed by atoms with Crippen molar-refractivity contribution in [1.29, 1.82) is 0 Å². The van der Waals surface area contributed by atoms with E-state index in [1.165, 1.54) is 18.2 Å². The summed E-state index contributed by atoms with van der Waals surface area (Å²) >= 11 is 0. The number of nitro benzene ring substituents is 1. The van der Waals surface area contributed by atoms with Gasteiger partial charge < -0.3 is 5.32 Å². The molecule has 1 aliphatic carbocycles. The quantitative estimate of drug-likeness (QED) is 0.454. The molecule has 2 aromatic carbocycles. The molecule has 1 unspecified atom stereocenters. The van der Waals surface area contributed by atoms with Crippen LogP contribution in [-0.4, -0.2) is 20.7 Å². The number of nitro groups is 1. The molecule has 1 atom stereocenters. The Bertz CT molecular complexity index is 1380. The van der Waals surface area contributed by atoms with Gasteiger partial charge in [0, 0.05) is 34.8 Å². The van der Waals surface area contributed by atoms with Gasteiger partial charge in [-0.05, 0) is 5.56 Å². The molecule has 0 radical (unpaired) electrons. The molecule has 1 aromatic heterocycles. The average molecular weight is 388 g/mol. The number of aromatic amines is 2. The number of allylic oxidation sites excluding steroid dienone is 1. The minimum Gasteiger partial charge on any atom is -0.340 e. The van der Waals surface area contributed by atoms with Gasteiger partial charge in [-0.25, -0.2) is 4.79 Å². The minimum atomic E-state index is -0.873. The number of H-pyrrole nitrogens is 2. The van der Waals surface area contributed by atoms with Gasteiger partial charge in [0.2, 0.25) is 0 Å². The maximum Gasteiger partial charge on any atom is 0.327 e. The molecule has 5 rings (SSSR count). The fraction of sp³-hybridized carbons (Fsp3) is 0.0500. The molecule has 142 valence electrons. The normalized spacial score (nSPS) is 16.7. The van der Waals surface area contributed by atoms with E-state index < -0.39 is 22.1 Å². The summed E-state index contributed by atoms with van der Waals surface area (Å²) in [7, 11) is 0. The zero-order chi connectivity index (χ0) is 20.3. The van der Waals surface area contributed by atoms with Crippen LogP contribution in [0.3, 0.4) is 0 Å². The average Bonchev–Trinajstić information content (AvgIpc) is 2.99. The molecule has 3 N–H and O–H groups in total. The number of aromatic nitrogens is 2. The Hall–Kier alpha value is -4.27. The van der Waals surface area contributed by atoms with Crippen LogP contribution in [0, 0.1) is 10.1 Å². The lowest BCUT2D eigenvalue weighted by molar-refractivity contribution is -0.384. The van der Waals surface area contributed by atoms with Gasteiger partial charge in [-0.15, -0.1) is 0 Å². The minimum absolute atomic E-state index is 0.130. The van der Waals surface area contributed by atoms with Crippen molar-refractivity contribution in [3.63, 3.8) is 0 Å². The number of anilines is 1. The van der Waals surface area contributed by atoms with E-state index in [-0.39, 0.29) is 22.9 Å². The third kappa shape index (κ3) is 2.37. The predicted octanol–water partition coefficient (Wildman–Crippen LogP) is 2.14. The number of carbonyl (C=O) groups excluding carboxylic acids is 1. The number of nitrogens with zero attached hydrogens (tertiary/aromatic N) is 1. The fourth-order valence-corrected chi connectivity index (χ4v) is 4.00. The lowest BCUT2D eigenvalue weighted by atomic mass is 9.81. The highest BCUT2D eigenvalue weighted by molar-refractivity contribution is 6.23. The number of rotatable bonds is 2. The fourth-order valence-electron chi connectivity index (χ4n) is 4.00. The van der Waals surface area contributed by atoms with Gasteiger partial charge in [0.25, 0.3) is 11.2 Å². The van der Waals surface area contributed by atoms with Gasteiger partial charge in [-0.3, -0.25) is 29.7 Å². The number of hydrogen-bond donors (Lipinski definition) is 3. The molecular formula is C20H12N4O5. The van der Waals surface area contributed by atoms with Gasteiger partial charge in [0.15, 0.2) is 5.78 Å². The Labute approximate surface area is 161 Å². The number of hydrogen-bond acceptors (Lipinski definition) is 6. The predicted molar refractivity (Wildman–Crippen MR) is 104 cm³/mol. The smallest absolute Gasteiger partial charge is 0.327 e. The molecular weight excluding hydrogens is 376 g/mol. The number of nitrogens with one attached hydrogen (secondary N) is 3. The summed E-state index contributed by atoms with van der Waals surface area (Å²) in [5.41, 5.74) is 0.935. The van der Waals surface area contributed by atoms with Gasteiger partial charge in [-0.2, -0.15) is 0 Å². The van der Waals surface area contributed by atoms with Crippen LogP contribution in [0.2, 0.25) is 0 Å². The summed E-state index contributed by atoms with van der Waals surface area (Å²) in [4.78, 5) is 53.2. The second kappa shape index (κ2) is 5.86. The van der Waals surface area contributed by atoms with Crippen LogP contribution in [0.5, 0.6) is 0 Å². The Kier molecular flexibility index (Phi) is 3.41. The monoisotopic (exact) mass is 388 g/mol. The van der Waals surface area contributed by atoms with E-state index in [0.717, 1.165) is 0 Å². The summed E-state index contributed by atoms with van der Waals surface area (Å²) in [6.45, 7) is 0. The highest BCUT2D eigenvalue weighted by atomic mass is 16.6. The molecule has 0 amide bonds. The van der Waals surface area contributed by atoms with Crippen LogP contribution < -0.4 is 16.6 Å². The molecule has 9 heteroatoms. The van der Waals surface area contributed by atoms with Crippen LogP contribution in [0.15, 0.2) is 63.7 Å². The standard InChI is InChI=1S/C20H12N4O5/c25-17-12-7-2-1-6-11(12)16-14(17)13(9-4-3-5-10(8-9)24(28)29)15-18(21-16)22-20(27)23-19(15)26/h1-8,13H,(H3,21,22,23,26,27). The second-order valence-electron chi connectivity index (χ2n) is 6.77. The van der Waals surface area contributed by atoms with Gasteiger partial charge in [0.1, 0.15) is 5.82 Å². The first-order valence-electron chi connectivity index (χ1n) is 8.72. The van der Waals surface area contributed by atoms with E-state index >= 15 is 0 Å². The Balaban J connectivity index is 1.84. The zero-order valence-electron chi connectivity index (χ0n) is 14.7. The first-order chi connectivity index (χ1) is 14.0. The maximum atomic E-state index is 13.2. The molecule has 9 nitrogen and oxygen atoms in total. The molecule has 2 aliphatic rings. The number of non-ortho nitro benzene ring substituents is 1. The van der Waals surface area contributed by atoms with Crippen LogP contribution in [0.1, 0.15) is 33.0 Å². The third-order valence-electron chi connectivity index (χ3n) is 5.18. The molecule has 0 bridgehead atoms. The summed E-state index contributed by atoms with van der Waals surface area (Å²) in [6.07, 6.45) is 0. The van der Waals surface area contributed by atoms with E-state index in [2.05, 4.69) is 15.3 Å². The van der Waals surface area contributed by atoms with Crippen LogP contribution in [0.25, 0.3) is 5.70 Å². The van der Waals surface area contributed by atoms with Crippen molar-refractivity contribution in [3.8, 4) is 0 Å². The Morgan fingerprint density at radius 3 is 2.45 bits per heavy atom. The number of carbonyl (C=O) groups is 1. The summed E-state index contributed by atoms with van der Waals surface area (Å²) in [6, 6.07) is 12.8. The number of ketones is 1. The SMILES string of the molecule is O=C1C2=C(Nc3[nH]c(=O)[nH]c(=O)c3C2c2cccc([N+](=O)[O-])c2)c2ccccc21. The van der Waals surface area contributed by atoms with E-state index in [1.807, 2.05) is 0 Å². The number of Topliss-reactive ketones (excluding diaryl/α,β-unsaturated/α-hetero) is 1.